The van der Waals surface area contributed by atoms with Gasteiger partial charge in [-0.2, -0.15) is 0 Å². The number of hydrogen-bond donors (Lipinski definition) is 1. The van der Waals surface area contributed by atoms with Crippen LogP contribution in [0.25, 0.3) is 0 Å². The summed E-state index contributed by atoms with van der Waals surface area (Å²) >= 11 is 7.69. The van der Waals surface area contributed by atoms with Gasteiger partial charge in [-0.15, -0.1) is 11.8 Å². The molecule has 0 bridgehead atoms. The predicted octanol–water partition coefficient (Wildman–Crippen LogP) is 5.01. The third-order valence-corrected chi connectivity index (χ3v) is 5.06. The topological polar surface area (TPSA) is 29.1 Å². The van der Waals surface area contributed by atoms with Crippen LogP contribution in [0.5, 0.6) is 0 Å². The van der Waals surface area contributed by atoms with Gasteiger partial charge in [0, 0.05) is 10.8 Å². The number of hydrogen-bond acceptors (Lipinski definition) is 2. The van der Waals surface area contributed by atoms with Crippen molar-refractivity contribution in [3.05, 3.63) is 70.2 Å². The van der Waals surface area contributed by atoms with Gasteiger partial charge in [-0.25, -0.2) is 0 Å². The van der Waals surface area contributed by atoms with Crippen LogP contribution in [-0.4, -0.2) is 11.7 Å². The summed E-state index contributed by atoms with van der Waals surface area (Å²) in [5, 5.41) is 3.80. The van der Waals surface area contributed by atoms with Crippen LogP contribution in [0.2, 0.25) is 5.02 Å². The second-order valence-corrected chi connectivity index (χ2v) is 6.86. The van der Waals surface area contributed by atoms with Crippen molar-refractivity contribution in [1.82, 2.24) is 5.32 Å². The molecule has 0 aliphatic heterocycles. The Labute approximate surface area is 147 Å². The lowest BCUT2D eigenvalue weighted by molar-refractivity contribution is -0.119. The van der Waals surface area contributed by atoms with Crippen LogP contribution in [-0.2, 0) is 17.0 Å². The molecule has 0 aromatic heterocycles. The maximum atomic E-state index is 12.1. The van der Waals surface area contributed by atoms with Crippen molar-refractivity contribution in [2.24, 2.45) is 0 Å². The van der Waals surface area contributed by atoms with Gasteiger partial charge in [0.15, 0.2) is 0 Å². The molecule has 0 fully saturated rings. The number of benzene rings is 2. The van der Waals surface area contributed by atoms with E-state index in [9.17, 15) is 4.79 Å². The van der Waals surface area contributed by atoms with Crippen LogP contribution in [0.4, 0.5) is 0 Å². The number of aryl methyl sites for hydroxylation is 1. The monoisotopic (exact) mass is 347 g/mol. The van der Waals surface area contributed by atoms with Gasteiger partial charge in [-0.1, -0.05) is 61.0 Å². The van der Waals surface area contributed by atoms with E-state index >= 15 is 0 Å². The van der Waals surface area contributed by atoms with E-state index in [2.05, 4.69) is 36.5 Å². The maximum Gasteiger partial charge on any atom is 0.230 e. The van der Waals surface area contributed by atoms with Crippen molar-refractivity contribution in [1.29, 1.82) is 0 Å². The molecule has 122 valence electrons. The van der Waals surface area contributed by atoms with Gasteiger partial charge in [0.05, 0.1) is 11.8 Å². The Kier molecular flexibility index (Phi) is 7.00. The van der Waals surface area contributed by atoms with E-state index in [4.69, 9.17) is 11.6 Å². The van der Waals surface area contributed by atoms with Gasteiger partial charge in [0.2, 0.25) is 5.91 Å². The van der Waals surface area contributed by atoms with Gasteiger partial charge < -0.3 is 5.32 Å². The van der Waals surface area contributed by atoms with E-state index in [0.29, 0.717) is 5.75 Å². The highest BCUT2D eigenvalue weighted by Gasteiger charge is 2.10. The summed E-state index contributed by atoms with van der Waals surface area (Å²) in [6, 6.07) is 16.2. The number of carbonyl (C=O) groups excluding carboxylic acids is 1. The summed E-state index contributed by atoms with van der Waals surface area (Å²) in [4.78, 5) is 12.1. The first-order valence-electron chi connectivity index (χ1n) is 7.79. The number of rotatable bonds is 7. The molecular formula is C19H22ClNOS. The first-order chi connectivity index (χ1) is 11.1. The summed E-state index contributed by atoms with van der Waals surface area (Å²) in [6.07, 6.45) is 1.03. The van der Waals surface area contributed by atoms with Gasteiger partial charge in [-0.3, -0.25) is 4.79 Å². The van der Waals surface area contributed by atoms with E-state index in [1.165, 1.54) is 5.56 Å². The summed E-state index contributed by atoms with van der Waals surface area (Å²) in [7, 11) is 0. The zero-order valence-corrected chi connectivity index (χ0v) is 15.1. The van der Waals surface area contributed by atoms with Crippen molar-refractivity contribution >= 4 is 29.3 Å². The number of thioether (sulfide) groups is 1. The fourth-order valence-electron chi connectivity index (χ4n) is 2.28. The maximum absolute atomic E-state index is 12.1. The molecule has 0 saturated carbocycles. The molecule has 2 aromatic carbocycles. The molecule has 1 atom stereocenters. The Morgan fingerprint density at radius 2 is 1.87 bits per heavy atom. The zero-order chi connectivity index (χ0) is 16.7. The standard InChI is InChI=1S/C19H22ClNOS/c1-3-15-8-10-16(11-9-15)14(2)21-19(22)13-23-12-17-6-4-5-7-18(17)20/h4-11,14H,3,12-13H2,1-2H3,(H,21,22). The molecular weight excluding hydrogens is 326 g/mol. The van der Waals surface area contributed by atoms with Crippen molar-refractivity contribution in [3.8, 4) is 0 Å². The normalized spacial score (nSPS) is 12.0. The van der Waals surface area contributed by atoms with Crippen molar-refractivity contribution < 1.29 is 4.79 Å². The number of amides is 1. The molecule has 1 unspecified atom stereocenters. The Balaban J connectivity index is 1.78. The quantitative estimate of drug-likeness (QED) is 0.762. The lowest BCUT2D eigenvalue weighted by Crippen LogP contribution is -2.28. The molecule has 2 rings (SSSR count). The van der Waals surface area contributed by atoms with E-state index in [1.54, 1.807) is 11.8 Å². The third-order valence-electron chi connectivity index (χ3n) is 3.71. The molecule has 1 amide bonds. The molecule has 23 heavy (non-hydrogen) atoms. The third kappa shape index (κ3) is 5.60. The Bertz CT molecular complexity index is 642. The highest BCUT2D eigenvalue weighted by Crippen LogP contribution is 2.21. The summed E-state index contributed by atoms with van der Waals surface area (Å²) in [5.74, 6) is 1.23. The molecule has 0 radical (unpaired) electrons. The van der Waals surface area contributed by atoms with Crippen LogP contribution < -0.4 is 5.32 Å². The van der Waals surface area contributed by atoms with Crippen LogP contribution in [0.1, 0.15) is 36.6 Å². The minimum absolute atomic E-state index is 0.0225. The molecule has 0 heterocycles. The van der Waals surface area contributed by atoms with Crippen molar-refractivity contribution in [3.63, 3.8) is 0 Å². The fraction of sp³-hybridized carbons (Fsp3) is 0.316. The van der Waals surface area contributed by atoms with E-state index in [0.717, 1.165) is 28.3 Å². The Morgan fingerprint density at radius 3 is 2.52 bits per heavy atom. The predicted molar refractivity (Wildman–Crippen MR) is 100.0 cm³/mol. The van der Waals surface area contributed by atoms with Gasteiger partial charge in [0.1, 0.15) is 0 Å². The lowest BCUT2D eigenvalue weighted by Gasteiger charge is -2.15. The minimum Gasteiger partial charge on any atom is -0.349 e. The van der Waals surface area contributed by atoms with Crippen LogP contribution in [0, 0.1) is 0 Å². The summed E-state index contributed by atoms with van der Waals surface area (Å²) in [6.45, 7) is 4.15. The zero-order valence-electron chi connectivity index (χ0n) is 13.5. The van der Waals surface area contributed by atoms with Crippen LogP contribution >= 0.6 is 23.4 Å². The number of nitrogens with one attached hydrogen (secondary N) is 1. The molecule has 0 aliphatic rings. The van der Waals surface area contributed by atoms with Gasteiger partial charge >= 0.3 is 0 Å². The average molecular weight is 348 g/mol. The average Bonchev–Trinajstić information content (AvgIpc) is 2.56. The highest BCUT2D eigenvalue weighted by atomic mass is 35.5. The second-order valence-electron chi connectivity index (χ2n) is 5.47. The largest absolute Gasteiger partial charge is 0.349 e. The van der Waals surface area contributed by atoms with Gasteiger partial charge in [0.25, 0.3) is 0 Å². The Hall–Kier alpha value is -1.45. The number of halogens is 1. The molecule has 2 nitrogen and oxygen atoms in total. The van der Waals surface area contributed by atoms with E-state index in [1.807, 2.05) is 31.2 Å². The van der Waals surface area contributed by atoms with E-state index < -0.39 is 0 Å². The first-order valence-corrected chi connectivity index (χ1v) is 9.32. The Morgan fingerprint density at radius 1 is 1.17 bits per heavy atom. The van der Waals surface area contributed by atoms with Crippen molar-refractivity contribution in [2.45, 2.75) is 32.1 Å². The molecule has 2 aromatic rings. The molecule has 0 spiro atoms. The first kappa shape index (κ1) is 17.9. The van der Waals surface area contributed by atoms with Crippen LogP contribution in [0.3, 0.4) is 0 Å². The molecule has 1 N–H and O–H groups in total. The van der Waals surface area contributed by atoms with E-state index in [-0.39, 0.29) is 11.9 Å². The molecule has 4 heteroatoms. The minimum atomic E-state index is 0.0225. The molecule has 0 aliphatic carbocycles. The summed E-state index contributed by atoms with van der Waals surface area (Å²) < 4.78 is 0. The highest BCUT2D eigenvalue weighted by molar-refractivity contribution is 7.99. The van der Waals surface area contributed by atoms with Crippen molar-refractivity contribution in [2.75, 3.05) is 5.75 Å². The SMILES string of the molecule is CCc1ccc(C(C)NC(=O)CSCc2ccccc2Cl)cc1. The summed E-state index contributed by atoms with van der Waals surface area (Å²) in [5.41, 5.74) is 3.50. The number of carbonyl (C=O) groups is 1. The van der Waals surface area contributed by atoms with Gasteiger partial charge in [-0.05, 0) is 36.1 Å². The smallest absolute Gasteiger partial charge is 0.230 e. The second kappa shape index (κ2) is 8.99. The lowest BCUT2D eigenvalue weighted by atomic mass is 10.1. The fourth-order valence-corrected chi connectivity index (χ4v) is 3.40. The van der Waals surface area contributed by atoms with Crippen LogP contribution in [0.15, 0.2) is 48.5 Å². The molecule has 0 saturated heterocycles.